The fourth-order valence-electron chi connectivity index (χ4n) is 3.50. The van der Waals surface area contributed by atoms with Gasteiger partial charge in [-0.2, -0.15) is 8.42 Å². The summed E-state index contributed by atoms with van der Waals surface area (Å²) >= 11 is 0. The average Bonchev–Trinajstić information content (AvgIpc) is 2.38. The first-order valence-electron chi connectivity index (χ1n) is 7.89. The van der Waals surface area contributed by atoms with Crippen molar-refractivity contribution in [2.45, 2.75) is 70.0 Å². The Kier molecular flexibility index (Phi) is 6.62. The lowest BCUT2D eigenvalue weighted by Crippen LogP contribution is -2.49. The molecule has 0 aliphatic rings. The molecule has 0 aliphatic heterocycles. The maximum Gasteiger partial charge on any atom is 0.294 e. The molecule has 0 unspecified atom stereocenters. The Hall–Kier alpha value is -0.653. The maximum absolute atomic E-state index is 11.8. The van der Waals surface area contributed by atoms with E-state index in [1.165, 1.54) is 0 Å². The summed E-state index contributed by atoms with van der Waals surface area (Å²) in [6.45, 7) is 8.47. The molecule has 5 heteroatoms. The lowest BCUT2D eigenvalue weighted by atomic mass is 10.2. The molecule has 1 rings (SSSR count). The van der Waals surface area contributed by atoms with E-state index in [2.05, 4.69) is 20.8 Å². The number of hydrogen-bond donors (Lipinski definition) is 1. The van der Waals surface area contributed by atoms with Crippen molar-refractivity contribution in [3.05, 3.63) is 23.8 Å². The van der Waals surface area contributed by atoms with Crippen LogP contribution in [0, 0.1) is 6.92 Å². The fourth-order valence-corrected chi connectivity index (χ4v) is 10.7. The number of hydrogen-bond acceptors (Lipinski definition) is 2. The summed E-state index contributed by atoms with van der Waals surface area (Å²) in [6, 6.07) is 8.62. The first kappa shape index (κ1) is 18.4. The van der Waals surface area contributed by atoms with E-state index in [0.29, 0.717) is 0 Å². The highest BCUT2D eigenvalue weighted by molar-refractivity contribution is 7.86. The van der Waals surface area contributed by atoms with E-state index in [1.807, 2.05) is 13.0 Å². The molecule has 0 bridgehead atoms. The second kappa shape index (κ2) is 7.56. The average molecular weight is 329 g/mol. The molecule has 3 nitrogen and oxygen atoms in total. The van der Waals surface area contributed by atoms with Gasteiger partial charge in [0, 0.05) is 0 Å². The molecule has 0 saturated carbocycles. The van der Waals surface area contributed by atoms with Crippen LogP contribution in [0.1, 0.15) is 45.6 Å². The third kappa shape index (κ3) is 4.41. The molecule has 21 heavy (non-hydrogen) atoms. The van der Waals surface area contributed by atoms with Gasteiger partial charge in [0.05, 0.1) is 13.0 Å². The zero-order chi connectivity index (χ0) is 16.1. The largest absolute Gasteiger partial charge is 0.294 e. The van der Waals surface area contributed by atoms with Crippen molar-refractivity contribution in [1.29, 1.82) is 0 Å². The SMILES string of the molecule is CCC[Si](CCC)(CCC)c1cc(C)ccc1S(=O)(=O)O. The zero-order valence-corrected chi connectivity index (χ0v) is 15.5. The van der Waals surface area contributed by atoms with E-state index < -0.39 is 18.2 Å². The third-order valence-electron chi connectivity index (χ3n) is 4.17. The summed E-state index contributed by atoms with van der Waals surface area (Å²) in [6.07, 6.45) is 3.18. The van der Waals surface area contributed by atoms with Crippen LogP contribution in [0.5, 0.6) is 0 Å². The Morgan fingerprint density at radius 1 is 1.00 bits per heavy atom. The van der Waals surface area contributed by atoms with Gasteiger partial charge in [-0.05, 0) is 18.2 Å². The van der Waals surface area contributed by atoms with Crippen molar-refractivity contribution < 1.29 is 13.0 Å². The lowest BCUT2D eigenvalue weighted by Gasteiger charge is -2.33. The van der Waals surface area contributed by atoms with Gasteiger partial charge in [-0.25, -0.2) is 0 Å². The Morgan fingerprint density at radius 3 is 1.86 bits per heavy atom. The molecule has 0 amide bonds. The highest BCUT2D eigenvalue weighted by atomic mass is 32.2. The molecule has 120 valence electrons. The number of benzene rings is 1. The van der Waals surface area contributed by atoms with Crippen LogP contribution in [0.25, 0.3) is 0 Å². The first-order valence-corrected chi connectivity index (χ1v) is 12.0. The highest BCUT2D eigenvalue weighted by Gasteiger charge is 2.36. The Bertz CT molecular complexity index is 550. The lowest BCUT2D eigenvalue weighted by molar-refractivity contribution is 0.483. The first-order chi connectivity index (χ1) is 9.80. The minimum Gasteiger partial charge on any atom is -0.282 e. The molecule has 0 aliphatic carbocycles. The van der Waals surface area contributed by atoms with E-state index in [0.717, 1.165) is 48.1 Å². The number of rotatable bonds is 8. The van der Waals surface area contributed by atoms with Crippen LogP contribution in [0.3, 0.4) is 0 Å². The third-order valence-corrected chi connectivity index (χ3v) is 11.2. The molecular weight excluding hydrogens is 300 g/mol. The molecular formula is C16H28O3SSi. The molecule has 0 fully saturated rings. The minimum atomic E-state index is -4.15. The van der Waals surface area contributed by atoms with Gasteiger partial charge < -0.3 is 0 Å². The summed E-state index contributed by atoms with van der Waals surface area (Å²) in [7, 11) is -6.05. The van der Waals surface area contributed by atoms with E-state index >= 15 is 0 Å². The van der Waals surface area contributed by atoms with Gasteiger partial charge in [0.15, 0.2) is 0 Å². The molecule has 1 aromatic carbocycles. The molecule has 1 aromatic rings. The minimum absolute atomic E-state index is 0.148. The quantitative estimate of drug-likeness (QED) is 0.576. The van der Waals surface area contributed by atoms with Crippen molar-refractivity contribution in [2.75, 3.05) is 0 Å². The smallest absolute Gasteiger partial charge is 0.282 e. The molecule has 0 aromatic heterocycles. The van der Waals surface area contributed by atoms with Crippen LogP contribution >= 0.6 is 0 Å². The predicted octanol–water partition coefficient (Wildman–Crippen LogP) is 4.13. The molecule has 0 atom stereocenters. The molecule has 1 N–H and O–H groups in total. The monoisotopic (exact) mass is 328 g/mol. The van der Waals surface area contributed by atoms with Crippen LogP contribution < -0.4 is 5.19 Å². The number of aryl methyl sites for hydroxylation is 1. The second-order valence-electron chi connectivity index (χ2n) is 6.01. The van der Waals surface area contributed by atoms with Crippen molar-refractivity contribution in [3.63, 3.8) is 0 Å². The molecule has 0 radical (unpaired) electrons. The van der Waals surface area contributed by atoms with Crippen molar-refractivity contribution >= 4 is 23.4 Å². The Balaban J connectivity index is 3.58. The Labute approximate surface area is 130 Å². The van der Waals surface area contributed by atoms with Crippen LogP contribution in [-0.2, 0) is 10.1 Å². The topological polar surface area (TPSA) is 54.4 Å². The highest BCUT2D eigenvalue weighted by Crippen LogP contribution is 2.29. The van der Waals surface area contributed by atoms with E-state index in [1.54, 1.807) is 12.1 Å². The van der Waals surface area contributed by atoms with Crippen LogP contribution in [-0.4, -0.2) is 21.0 Å². The molecule has 0 spiro atoms. The summed E-state index contributed by atoms with van der Waals surface area (Å²) in [5.74, 6) is 0. The standard InChI is InChI=1S/C16H28O3SSi/c1-5-10-21(11-6-2,12-7-3)16-13-14(4)8-9-15(16)20(17,18)19/h8-9,13H,5-7,10-12H2,1-4H3,(H,17,18,19). The van der Waals surface area contributed by atoms with Gasteiger partial charge in [0.25, 0.3) is 10.1 Å². The summed E-state index contributed by atoms with van der Waals surface area (Å²) in [4.78, 5) is 0.148. The van der Waals surface area contributed by atoms with Crippen molar-refractivity contribution in [1.82, 2.24) is 0 Å². The van der Waals surface area contributed by atoms with Crippen molar-refractivity contribution in [2.24, 2.45) is 0 Å². The van der Waals surface area contributed by atoms with Gasteiger partial charge in [-0.15, -0.1) is 0 Å². The summed E-state index contributed by atoms with van der Waals surface area (Å²) < 4.78 is 33.2. The zero-order valence-electron chi connectivity index (χ0n) is 13.6. The fraction of sp³-hybridized carbons (Fsp3) is 0.625. The summed E-state index contributed by atoms with van der Waals surface area (Å²) in [5, 5.41) is 0.940. The van der Waals surface area contributed by atoms with E-state index in [-0.39, 0.29) is 4.90 Å². The van der Waals surface area contributed by atoms with E-state index in [4.69, 9.17) is 0 Å². The van der Waals surface area contributed by atoms with Crippen molar-refractivity contribution in [3.8, 4) is 0 Å². The van der Waals surface area contributed by atoms with Gasteiger partial charge in [0.1, 0.15) is 0 Å². The summed E-state index contributed by atoms with van der Waals surface area (Å²) in [5.41, 5.74) is 1.07. The van der Waals surface area contributed by atoms with E-state index in [9.17, 15) is 13.0 Å². The van der Waals surface area contributed by atoms with Gasteiger partial charge in [-0.1, -0.05) is 75.9 Å². The molecule has 0 saturated heterocycles. The van der Waals surface area contributed by atoms with Crippen LogP contribution in [0.4, 0.5) is 0 Å². The maximum atomic E-state index is 11.8. The van der Waals surface area contributed by atoms with Crippen LogP contribution in [0.15, 0.2) is 23.1 Å². The van der Waals surface area contributed by atoms with Gasteiger partial charge in [0.2, 0.25) is 0 Å². The van der Waals surface area contributed by atoms with Crippen LogP contribution in [0.2, 0.25) is 18.1 Å². The second-order valence-corrected chi connectivity index (χ2v) is 12.0. The normalized spacial score (nSPS) is 12.6. The molecule has 0 heterocycles. The van der Waals surface area contributed by atoms with Gasteiger partial charge >= 0.3 is 0 Å². The van der Waals surface area contributed by atoms with Gasteiger partial charge in [-0.3, -0.25) is 4.55 Å². The Morgan fingerprint density at radius 2 is 1.48 bits per heavy atom. The predicted molar refractivity (Wildman–Crippen MR) is 91.7 cm³/mol.